The molecular formula is C17H15N3O3. The first-order valence-corrected chi connectivity index (χ1v) is 7.94. The van der Waals surface area contributed by atoms with Gasteiger partial charge in [-0.2, -0.15) is 5.01 Å². The monoisotopic (exact) mass is 309 g/mol. The molecule has 6 nitrogen and oxygen atoms in total. The summed E-state index contributed by atoms with van der Waals surface area (Å²) in [5.74, 6) is -0.128. The van der Waals surface area contributed by atoms with Gasteiger partial charge in [0.25, 0.3) is 17.7 Å². The topological polar surface area (TPSA) is 79.4 Å². The predicted octanol–water partition coefficient (Wildman–Crippen LogP) is 0.779. The number of carbonyl (C=O) groups is 3. The molecule has 6 heteroatoms. The third-order valence-corrected chi connectivity index (χ3v) is 5.82. The van der Waals surface area contributed by atoms with E-state index in [-0.39, 0.29) is 35.5 Å². The molecule has 4 aliphatic carbocycles. The highest BCUT2D eigenvalue weighted by atomic mass is 16.2. The molecule has 6 atom stereocenters. The summed E-state index contributed by atoms with van der Waals surface area (Å²) in [4.78, 5) is 41.5. The van der Waals surface area contributed by atoms with Crippen LogP contribution in [0.1, 0.15) is 16.8 Å². The molecule has 1 saturated heterocycles. The number of allylic oxidation sites excluding steroid dienone is 2. The summed E-state index contributed by atoms with van der Waals surface area (Å²) in [6.45, 7) is 0. The zero-order valence-electron chi connectivity index (χ0n) is 12.3. The highest BCUT2D eigenvalue weighted by Gasteiger charge is 2.67. The first-order chi connectivity index (χ1) is 11.2. The van der Waals surface area contributed by atoms with E-state index in [2.05, 4.69) is 22.6 Å². The number of carbonyl (C=O) groups excluding carboxylic acids is 3. The van der Waals surface area contributed by atoms with Crippen LogP contribution < -0.4 is 5.43 Å². The van der Waals surface area contributed by atoms with Crippen LogP contribution in [0, 0.1) is 35.5 Å². The maximum absolute atomic E-state index is 12.7. The maximum atomic E-state index is 12.7. The summed E-state index contributed by atoms with van der Waals surface area (Å²) in [6, 6.07) is 3.10. The Morgan fingerprint density at radius 2 is 1.61 bits per heavy atom. The van der Waals surface area contributed by atoms with Crippen LogP contribution >= 0.6 is 0 Å². The summed E-state index contributed by atoms with van der Waals surface area (Å²) in [7, 11) is 0. The molecule has 1 aromatic heterocycles. The number of pyridine rings is 1. The fourth-order valence-electron chi connectivity index (χ4n) is 4.74. The number of hydrazine groups is 1. The van der Waals surface area contributed by atoms with Crippen molar-refractivity contribution >= 4 is 17.7 Å². The minimum atomic E-state index is -0.460. The van der Waals surface area contributed by atoms with Crippen molar-refractivity contribution in [1.29, 1.82) is 0 Å². The molecule has 2 bridgehead atoms. The van der Waals surface area contributed by atoms with Crippen LogP contribution in [-0.4, -0.2) is 27.7 Å². The van der Waals surface area contributed by atoms with Crippen molar-refractivity contribution < 1.29 is 14.4 Å². The molecular weight excluding hydrogens is 294 g/mol. The molecule has 3 amide bonds. The lowest BCUT2D eigenvalue weighted by Crippen LogP contribution is -2.46. The lowest BCUT2D eigenvalue weighted by atomic mass is 9.63. The Labute approximate surface area is 132 Å². The van der Waals surface area contributed by atoms with Crippen molar-refractivity contribution in [2.75, 3.05) is 0 Å². The first-order valence-electron chi connectivity index (χ1n) is 7.94. The molecule has 2 saturated carbocycles. The number of nitrogens with zero attached hydrogens (tertiary/aromatic N) is 2. The zero-order valence-corrected chi connectivity index (χ0v) is 12.3. The van der Waals surface area contributed by atoms with E-state index < -0.39 is 5.91 Å². The largest absolute Gasteiger partial charge is 0.272 e. The molecule has 2 heterocycles. The van der Waals surface area contributed by atoms with Crippen LogP contribution in [-0.2, 0) is 9.59 Å². The van der Waals surface area contributed by atoms with Gasteiger partial charge in [-0.15, -0.1) is 0 Å². The van der Waals surface area contributed by atoms with E-state index >= 15 is 0 Å². The van der Waals surface area contributed by atoms with Crippen molar-refractivity contribution in [2.24, 2.45) is 35.5 Å². The number of hydrogen-bond acceptors (Lipinski definition) is 4. The Morgan fingerprint density at radius 1 is 1.04 bits per heavy atom. The first kappa shape index (κ1) is 13.0. The molecule has 3 fully saturated rings. The van der Waals surface area contributed by atoms with E-state index in [0.29, 0.717) is 17.4 Å². The van der Waals surface area contributed by atoms with Gasteiger partial charge in [0.05, 0.1) is 11.8 Å². The van der Waals surface area contributed by atoms with Gasteiger partial charge in [0.15, 0.2) is 0 Å². The average molecular weight is 309 g/mol. The zero-order chi connectivity index (χ0) is 15.7. The van der Waals surface area contributed by atoms with Gasteiger partial charge in [-0.05, 0) is 42.2 Å². The quantitative estimate of drug-likeness (QED) is 0.647. The SMILES string of the molecule is O=C(NN1C(=O)[C@H]2[C@@H]3C=C[C@@H]([C@H]4C[C@H]34)[C@@H]2C1=O)c1ccncc1. The Balaban J connectivity index is 1.42. The lowest BCUT2D eigenvalue weighted by molar-refractivity contribution is -0.143. The standard InChI is InChI=1S/C17H15N3O3/c21-15(8-3-5-18-6-4-8)19-20-16(22)13-9-1-2-10(12-7-11(9)12)14(13)17(20)23/h1-6,9-14H,7H2,(H,19,21)/t9-,10+,11-,12-,13+,14+/m1/s1. The highest BCUT2D eigenvalue weighted by Crippen LogP contribution is 2.65. The summed E-state index contributed by atoms with van der Waals surface area (Å²) in [6.07, 6.45) is 8.35. The summed E-state index contributed by atoms with van der Waals surface area (Å²) in [5.41, 5.74) is 2.86. The number of imide groups is 1. The van der Waals surface area contributed by atoms with Crippen LogP contribution in [0.3, 0.4) is 0 Å². The summed E-state index contributed by atoms with van der Waals surface area (Å²) >= 11 is 0. The van der Waals surface area contributed by atoms with Crippen molar-refractivity contribution in [3.63, 3.8) is 0 Å². The van der Waals surface area contributed by atoms with Crippen LogP contribution in [0.15, 0.2) is 36.7 Å². The van der Waals surface area contributed by atoms with Gasteiger partial charge in [0, 0.05) is 18.0 Å². The number of hydrogen-bond donors (Lipinski definition) is 1. The van der Waals surface area contributed by atoms with Crippen molar-refractivity contribution in [1.82, 2.24) is 15.4 Å². The smallest absolute Gasteiger partial charge is 0.270 e. The van der Waals surface area contributed by atoms with Gasteiger partial charge in [0.1, 0.15) is 0 Å². The average Bonchev–Trinajstić information content (AvgIpc) is 3.37. The fourth-order valence-corrected chi connectivity index (χ4v) is 4.74. The van der Waals surface area contributed by atoms with Crippen molar-refractivity contribution in [3.8, 4) is 0 Å². The second-order valence-corrected chi connectivity index (χ2v) is 6.84. The Kier molecular flexibility index (Phi) is 2.42. The van der Waals surface area contributed by atoms with E-state index in [1.807, 2.05) is 0 Å². The van der Waals surface area contributed by atoms with Crippen molar-refractivity contribution in [2.45, 2.75) is 6.42 Å². The van der Waals surface area contributed by atoms with E-state index in [0.717, 1.165) is 11.4 Å². The van der Waals surface area contributed by atoms with E-state index in [1.165, 1.54) is 12.4 Å². The molecule has 0 unspecified atom stereocenters. The van der Waals surface area contributed by atoms with E-state index in [1.54, 1.807) is 12.1 Å². The van der Waals surface area contributed by atoms with Crippen LogP contribution in [0.4, 0.5) is 0 Å². The maximum Gasteiger partial charge on any atom is 0.270 e. The fraction of sp³-hybridized carbons (Fsp3) is 0.412. The molecule has 116 valence electrons. The van der Waals surface area contributed by atoms with E-state index in [4.69, 9.17) is 0 Å². The second kappa shape index (κ2) is 4.28. The number of amides is 3. The summed E-state index contributed by atoms with van der Waals surface area (Å²) < 4.78 is 0. The lowest BCUT2D eigenvalue weighted by Gasteiger charge is -2.37. The van der Waals surface area contributed by atoms with Gasteiger partial charge < -0.3 is 0 Å². The third-order valence-electron chi connectivity index (χ3n) is 5.82. The predicted molar refractivity (Wildman–Crippen MR) is 78.3 cm³/mol. The second-order valence-electron chi connectivity index (χ2n) is 6.84. The molecule has 0 aromatic carbocycles. The number of aromatic nitrogens is 1. The minimum Gasteiger partial charge on any atom is -0.272 e. The molecule has 6 rings (SSSR count). The summed E-state index contributed by atoms with van der Waals surface area (Å²) in [5, 5.41) is 0.954. The molecule has 23 heavy (non-hydrogen) atoms. The highest BCUT2D eigenvalue weighted by molar-refractivity contribution is 6.08. The normalized spacial score (nSPS) is 39.2. The number of nitrogens with one attached hydrogen (secondary N) is 1. The van der Waals surface area contributed by atoms with E-state index in [9.17, 15) is 14.4 Å². The Morgan fingerprint density at radius 3 is 2.17 bits per heavy atom. The van der Waals surface area contributed by atoms with Gasteiger partial charge in [-0.1, -0.05) is 12.2 Å². The van der Waals surface area contributed by atoms with Gasteiger partial charge in [0.2, 0.25) is 0 Å². The van der Waals surface area contributed by atoms with Crippen LogP contribution in [0.5, 0.6) is 0 Å². The van der Waals surface area contributed by atoms with Gasteiger partial charge in [-0.25, -0.2) is 0 Å². The third kappa shape index (κ3) is 1.63. The molecule has 0 radical (unpaired) electrons. The van der Waals surface area contributed by atoms with Gasteiger partial charge in [-0.3, -0.25) is 24.8 Å². The molecule has 1 aliphatic heterocycles. The molecule has 1 N–H and O–H groups in total. The van der Waals surface area contributed by atoms with Crippen LogP contribution in [0.25, 0.3) is 0 Å². The Hall–Kier alpha value is -2.50. The molecule has 5 aliphatic rings. The Bertz CT molecular complexity index is 724. The van der Waals surface area contributed by atoms with Crippen LogP contribution in [0.2, 0.25) is 0 Å². The minimum absolute atomic E-state index is 0.161. The van der Waals surface area contributed by atoms with Gasteiger partial charge >= 0.3 is 0 Å². The molecule has 1 aromatic rings. The molecule has 0 spiro atoms. The van der Waals surface area contributed by atoms with Crippen molar-refractivity contribution in [3.05, 3.63) is 42.2 Å². The number of rotatable bonds is 2.